The summed E-state index contributed by atoms with van der Waals surface area (Å²) in [6, 6.07) is 22.8. The van der Waals surface area contributed by atoms with Gasteiger partial charge in [0, 0.05) is 0 Å². The lowest BCUT2D eigenvalue weighted by Gasteiger charge is -2.32. The fourth-order valence-corrected chi connectivity index (χ4v) is 7.05. The molecule has 0 aliphatic rings. The number of hydrogen-bond acceptors (Lipinski definition) is 1. The summed E-state index contributed by atoms with van der Waals surface area (Å²) < 4.78 is 6.67. The van der Waals surface area contributed by atoms with Crippen molar-refractivity contribution in [3.63, 3.8) is 0 Å². The number of rotatable bonds is 9. The highest BCUT2D eigenvalue weighted by Crippen LogP contribution is 2.17. The molecule has 0 saturated heterocycles. The van der Waals surface area contributed by atoms with E-state index in [1.165, 1.54) is 23.2 Å². The van der Waals surface area contributed by atoms with Crippen molar-refractivity contribution in [2.75, 3.05) is 6.61 Å². The van der Waals surface area contributed by atoms with Crippen LogP contribution in [-0.2, 0) is 4.43 Å². The molecule has 126 valence electrons. The van der Waals surface area contributed by atoms with Gasteiger partial charge in [0.1, 0.15) is 0 Å². The van der Waals surface area contributed by atoms with Crippen LogP contribution in [0.25, 0.3) is 0 Å². The van der Waals surface area contributed by atoms with E-state index < -0.39 is 8.32 Å². The van der Waals surface area contributed by atoms with Crippen LogP contribution < -0.4 is 10.4 Å². The summed E-state index contributed by atoms with van der Waals surface area (Å²) in [4.78, 5) is 0. The molecule has 0 heterocycles. The number of unbranched alkanes of at least 4 members (excludes halogenated alkanes) is 1. The zero-order valence-corrected chi connectivity index (χ0v) is 15.8. The van der Waals surface area contributed by atoms with Gasteiger partial charge in [-0.1, -0.05) is 105 Å². The van der Waals surface area contributed by atoms with Crippen LogP contribution in [0.2, 0.25) is 6.04 Å². The van der Waals surface area contributed by atoms with Crippen molar-refractivity contribution in [2.45, 2.75) is 32.7 Å². The van der Waals surface area contributed by atoms with Crippen molar-refractivity contribution in [3.05, 3.63) is 85.0 Å². The van der Waals surface area contributed by atoms with E-state index in [4.69, 9.17) is 4.43 Å². The molecule has 0 fully saturated rings. The van der Waals surface area contributed by atoms with Crippen molar-refractivity contribution in [1.82, 2.24) is 0 Å². The number of allylic oxidation sites excluding steroid dienone is 3. The molecule has 24 heavy (non-hydrogen) atoms. The predicted octanol–water partition coefficient (Wildman–Crippen LogP) is 4.70. The molecule has 2 aromatic carbocycles. The van der Waals surface area contributed by atoms with Gasteiger partial charge < -0.3 is 4.43 Å². The van der Waals surface area contributed by atoms with Crippen molar-refractivity contribution < 1.29 is 4.43 Å². The van der Waals surface area contributed by atoms with Crippen LogP contribution in [0.1, 0.15) is 26.7 Å². The maximum absolute atomic E-state index is 6.67. The van der Waals surface area contributed by atoms with Gasteiger partial charge in [-0.25, -0.2) is 0 Å². The molecule has 2 aromatic rings. The highest BCUT2D eigenvalue weighted by molar-refractivity contribution is 6.97. The zero-order valence-electron chi connectivity index (χ0n) is 14.8. The molecular formula is C22H28OSi. The lowest BCUT2D eigenvalue weighted by Crippen LogP contribution is -2.60. The van der Waals surface area contributed by atoms with Gasteiger partial charge in [0.05, 0.1) is 6.61 Å². The molecule has 0 atom stereocenters. The quantitative estimate of drug-likeness (QED) is 0.476. The summed E-state index contributed by atoms with van der Waals surface area (Å²) >= 11 is 0. The molecule has 0 unspecified atom stereocenters. The molecule has 0 aliphatic heterocycles. The van der Waals surface area contributed by atoms with Crippen LogP contribution in [0.15, 0.2) is 85.0 Å². The summed E-state index contributed by atoms with van der Waals surface area (Å²) in [5.74, 6) is 0. The molecule has 0 amide bonds. The Bertz CT molecular complexity index is 592. The maximum atomic E-state index is 6.67. The van der Waals surface area contributed by atoms with Gasteiger partial charge in [0.25, 0.3) is 8.32 Å². The van der Waals surface area contributed by atoms with Crippen molar-refractivity contribution in [3.8, 4) is 0 Å². The first-order valence-electron chi connectivity index (χ1n) is 8.86. The molecule has 0 radical (unpaired) electrons. The normalized spacial score (nSPS) is 12.2. The average molecular weight is 337 g/mol. The molecule has 0 aromatic heterocycles. The van der Waals surface area contributed by atoms with E-state index in [0.717, 1.165) is 6.04 Å². The van der Waals surface area contributed by atoms with E-state index in [1.54, 1.807) is 0 Å². The van der Waals surface area contributed by atoms with E-state index >= 15 is 0 Å². The highest BCUT2D eigenvalue weighted by Gasteiger charge is 2.38. The first-order valence-corrected chi connectivity index (χ1v) is 11.0. The Labute approximate surface area is 147 Å². The van der Waals surface area contributed by atoms with Crippen molar-refractivity contribution >= 4 is 18.7 Å². The summed E-state index contributed by atoms with van der Waals surface area (Å²) in [5.41, 5.74) is 0. The van der Waals surface area contributed by atoms with Gasteiger partial charge in [-0.15, -0.1) is 0 Å². The van der Waals surface area contributed by atoms with Gasteiger partial charge in [-0.3, -0.25) is 0 Å². The van der Waals surface area contributed by atoms with E-state index in [1.807, 2.05) is 19.1 Å². The zero-order chi connectivity index (χ0) is 17.1. The summed E-state index contributed by atoms with van der Waals surface area (Å²) in [6.45, 7) is 4.94. The summed E-state index contributed by atoms with van der Waals surface area (Å²) in [6.07, 6.45) is 10.6. The minimum absolute atomic E-state index is 0.657. The van der Waals surface area contributed by atoms with Gasteiger partial charge in [0.2, 0.25) is 0 Å². The first-order chi connectivity index (χ1) is 11.8. The smallest absolute Gasteiger partial charge is 0.256 e. The second-order valence-electron chi connectivity index (χ2n) is 5.93. The predicted molar refractivity (Wildman–Crippen MR) is 108 cm³/mol. The van der Waals surface area contributed by atoms with E-state index in [2.05, 4.69) is 79.7 Å². The summed E-state index contributed by atoms with van der Waals surface area (Å²) in [7, 11) is -2.20. The Morgan fingerprint density at radius 2 is 1.46 bits per heavy atom. The van der Waals surface area contributed by atoms with Crippen LogP contribution >= 0.6 is 0 Å². The SMILES string of the molecule is C/C=C/C=C/CO[Si](CCCC)(c1ccccc1)c1ccccc1. The molecule has 0 saturated carbocycles. The summed E-state index contributed by atoms with van der Waals surface area (Å²) in [5, 5.41) is 2.73. The standard InChI is InChI=1S/C22H28OSi/c1-3-5-7-14-19-23-24(20-6-4-2,21-15-10-8-11-16-21)22-17-12-9-13-18-22/h3,5,7-18H,4,6,19-20H2,1-2H3/b5-3+,14-7+. The van der Waals surface area contributed by atoms with Gasteiger partial charge in [-0.2, -0.15) is 0 Å². The second kappa shape index (κ2) is 10.1. The molecular weight excluding hydrogens is 308 g/mol. The van der Waals surface area contributed by atoms with E-state index in [0.29, 0.717) is 6.61 Å². The lowest BCUT2D eigenvalue weighted by molar-refractivity contribution is 0.360. The first kappa shape index (κ1) is 18.4. The van der Waals surface area contributed by atoms with Crippen LogP contribution in [0, 0.1) is 0 Å². The van der Waals surface area contributed by atoms with Gasteiger partial charge in [0.15, 0.2) is 0 Å². The minimum Gasteiger partial charge on any atom is -0.404 e. The molecule has 0 aliphatic carbocycles. The Morgan fingerprint density at radius 1 is 0.875 bits per heavy atom. The van der Waals surface area contributed by atoms with E-state index in [-0.39, 0.29) is 0 Å². The molecule has 2 heteroatoms. The lowest BCUT2D eigenvalue weighted by atomic mass is 10.4. The Balaban J connectivity index is 2.39. The molecule has 0 spiro atoms. The minimum atomic E-state index is -2.20. The van der Waals surface area contributed by atoms with Gasteiger partial charge in [-0.05, 0) is 23.3 Å². The van der Waals surface area contributed by atoms with E-state index in [9.17, 15) is 0 Å². The molecule has 2 rings (SSSR count). The Morgan fingerprint density at radius 3 is 1.96 bits per heavy atom. The van der Waals surface area contributed by atoms with Crippen LogP contribution in [-0.4, -0.2) is 14.9 Å². The Hall–Kier alpha value is -1.90. The maximum Gasteiger partial charge on any atom is 0.256 e. The molecule has 0 bridgehead atoms. The average Bonchev–Trinajstić information content (AvgIpc) is 2.66. The number of benzene rings is 2. The largest absolute Gasteiger partial charge is 0.404 e. The Kier molecular flexibility index (Phi) is 7.73. The number of hydrogen-bond donors (Lipinski definition) is 0. The highest BCUT2D eigenvalue weighted by atomic mass is 28.4. The third-order valence-corrected chi connectivity index (χ3v) is 8.48. The fourth-order valence-electron chi connectivity index (χ4n) is 2.97. The monoisotopic (exact) mass is 336 g/mol. The topological polar surface area (TPSA) is 9.23 Å². The second-order valence-corrected chi connectivity index (χ2v) is 9.52. The van der Waals surface area contributed by atoms with Crippen molar-refractivity contribution in [2.24, 2.45) is 0 Å². The van der Waals surface area contributed by atoms with Crippen LogP contribution in [0.3, 0.4) is 0 Å². The third-order valence-electron chi connectivity index (χ3n) is 4.23. The third kappa shape index (κ3) is 4.79. The van der Waals surface area contributed by atoms with Gasteiger partial charge >= 0.3 is 0 Å². The fraction of sp³-hybridized carbons (Fsp3) is 0.273. The van der Waals surface area contributed by atoms with Crippen molar-refractivity contribution in [1.29, 1.82) is 0 Å². The van der Waals surface area contributed by atoms with Crippen LogP contribution in [0.4, 0.5) is 0 Å². The van der Waals surface area contributed by atoms with Crippen LogP contribution in [0.5, 0.6) is 0 Å². The molecule has 0 N–H and O–H groups in total. The molecule has 1 nitrogen and oxygen atoms in total.